The molecule has 0 aliphatic rings. The standard InChI is InChI=1S/C11H13NO2/c1-3-7-12-8-9-5-4-6-10(14-2)11(9)13/h1,4-6,12-13H,7-8H2,2H3. The molecule has 0 radical (unpaired) electrons. The van der Waals surface area contributed by atoms with Gasteiger partial charge >= 0.3 is 0 Å². The van der Waals surface area contributed by atoms with E-state index < -0.39 is 0 Å². The van der Waals surface area contributed by atoms with E-state index in [2.05, 4.69) is 11.2 Å². The number of hydrogen-bond donors (Lipinski definition) is 2. The highest BCUT2D eigenvalue weighted by Crippen LogP contribution is 2.28. The van der Waals surface area contributed by atoms with Crippen molar-refractivity contribution in [2.45, 2.75) is 6.54 Å². The van der Waals surface area contributed by atoms with Crippen LogP contribution in [0.5, 0.6) is 11.5 Å². The molecule has 0 atom stereocenters. The predicted molar refractivity (Wildman–Crippen MR) is 55.2 cm³/mol. The third kappa shape index (κ3) is 2.41. The first-order valence-electron chi connectivity index (χ1n) is 4.28. The van der Waals surface area contributed by atoms with Crippen molar-refractivity contribution in [2.75, 3.05) is 13.7 Å². The molecular formula is C11H13NO2. The van der Waals surface area contributed by atoms with Gasteiger partial charge in [0, 0.05) is 12.1 Å². The lowest BCUT2D eigenvalue weighted by atomic mass is 10.2. The highest BCUT2D eigenvalue weighted by molar-refractivity contribution is 5.45. The molecule has 0 saturated heterocycles. The summed E-state index contributed by atoms with van der Waals surface area (Å²) >= 11 is 0. The van der Waals surface area contributed by atoms with Crippen molar-refractivity contribution >= 4 is 0 Å². The van der Waals surface area contributed by atoms with Gasteiger partial charge in [-0.15, -0.1) is 6.42 Å². The molecule has 0 spiro atoms. The number of rotatable bonds is 4. The van der Waals surface area contributed by atoms with Crippen LogP contribution in [-0.4, -0.2) is 18.8 Å². The van der Waals surface area contributed by atoms with Gasteiger partial charge in [-0.05, 0) is 6.07 Å². The summed E-state index contributed by atoms with van der Waals surface area (Å²) in [5.74, 6) is 3.11. The average Bonchev–Trinajstić information content (AvgIpc) is 2.21. The second kappa shape index (κ2) is 5.15. The highest BCUT2D eigenvalue weighted by Gasteiger charge is 2.05. The Kier molecular flexibility index (Phi) is 3.84. The van der Waals surface area contributed by atoms with Crippen LogP contribution in [0.3, 0.4) is 0 Å². The Morgan fingerprint density at radius 3 is 3.00 bits per heavy atom. The van der Waals surface area contributed by atoms with Gasteiger partial charge in [-0.3, -0.25) is 0 Å². The number of para-hydroxylation sites is 1. The Morgan fingerprint density at radius 1 is 1.57 bits per heavy atom. The molecule has 1 rings (SSSR count). The number of terminal acetylenes is 1. The van der Waals surface area contributed by atoms with Gasteiger partial charge in [0.2, 0.25) is 0 Å². The molecule has 3 heteroatoms. The van der Waals surface area contributed by atoms with Crippen molar-refractivity contribution in [3.63, 3.8) is 0 Å². The van der Waals surface area contributed by atoms with Crippen molar-refractivity contribution in [3.05, 3.63) is 23.8 Å². The number of nitrogens with one attached hydrogen (secondary N) is 1. The zero-order chi connectivity index (χ0) is 10.4. The summed E-state index contributed by atoms with van der Waals surface area (Å²) in [5, 5.41) is 12.7. The molecule has 1 aromatic rings. The van der Waals surface area contributed by atoms with Gasteiger partial charge in [-0.25, -0.2) is 0 Å². The number of phenolic OH excluding ortho intramolecular Hbond substituents is 1. The average molecular weight is 191 g/mol. The third-order valence-electron chi connectivity index (χ3n) is 1.84. The van der Waals surface area contributed by atoms with Gasteiger partial charge in [-0.1, -0.05) is 18.1 Å². The molecule has 0 aliphatic carbocycles. The molecule has 3 nitrogen and oxygen atoms in total. The lowest BCUT2D eigenvalue weighted by Gasteiger charge is -2.08. The van der Waals surface area contributed by atoms with Gasteiger partial charge < -0.3 is 15.2 Å². The van der Waals surface area contributed by atoms with E-state index in [-0.39, 0.29) is 5.75 Å². The molecule has 0 fully saturated rings. The van der Waals surface area contributed by atoms with Gasteiger partial charge in [0.05, 0.1) is 13.7 Å². The Bertz CT molecular complexity index is 342. The van der Waals surface area contributed by atoms with Crippen molar-refractivity contribution in [1.29, 1.82) is 0 Å². The molecule has 14 heavy (non-hydrogen) atoms. The smallest absolute Gasteiger partial charge is 0.162 e. The number of phenols is 1. The molecule has 0 unspecified atom stereocenters. The summed E-state index contributed by atoms with van der Waals surface area (Å²) in [4.78, 5) is 0. The van der Waals surface area contributed by atoms with Crippen LogP contribution in [0.4, 0.5) is 0 Å². The van der Waals surface area contributed by atoms with Crippen molar-refractivity contribution in [3.8, 4) is 23.8 Å². The first-order valence-corrected chi connectivity index (χ1v) is 4.28. The van der Waals surface area contributed by atoms with E-state index in [1.54, 1.807) is 6.07 Å². The molecule has 0 saturated carbocycles. The first kappa shape index (κ1) is 10.4. The van der Waals surface area contributed by atoms with Crippen LogP contribution in [0.1, 0.15) is 5.56 Å². The Labute approximate surface area is 83.7 Å². The summed E-state index contributed by atoms with van der Waals surface area (Å²) in [6.45, 7) is 1.02. The van der Waals surface area contributed by atoms with E-state index >= 15 is 0 Å². The van der Waals surface area contributed by atoms with E-state index in [4.69, 9.17) is 11.2 Å². The van der Waals surface area contributed by atoms with Gasteiger partial charge in [-0.2, -0.15) is 0 Å². The molecule has 0 aromatic heterocycles. The number of hydrogen-bond acceptors (Lipinski definition) is 3. The molecule has 0 aliphatic heterocycles. The minimum Gasteiger partial charge on any atom is -0.504 e. The van der Waals surface area contributed by atoms with Crippen molar-refractivity contribution < 1.29 is 9.84 Å². The largest absolute Gasteiger partial charge is 0.504 e. The molecule has 1 aromatic carbocycles. The van der Waals surface area contributed by atoms with Crippen LogP contribution in [0, 0.1) is 12.3 Å². The van der Waals surface area contributed by atoms with E-state index in [0.29, 0.717) is 18.8 Å². The Morgan fingerprint density at radius 2 is 2.36 bits per heavy atom. The topological polar surface area (TPSA) is 41.5 Å². The van der Waals surface area contributed by atoms with Crippen molar-refractivity contribution in [2.24, 2.45) is 0 Å². The second-order valence-electron chi connectivity index (χ2n) is 2.78. The summed E-state index contributed by atoms with van der Waals surface area (Å²) in [6.07, 6.45) is 5.09. The lowest BCUT2D eigenvalue weighted by Crippen LogP contribution is -2.13. The first-order chi connectivity index (χ1) is 6.79. The number of ether oxygens (including phenoxy) is 1. The van der Waals surface area contributed by atoms with Crippen LogP contribution in [0.15, 0.2) is 18.2 Å². The molecule has 0 heterocycles. The van der Waals surface area contributed by atoms with E-state index in [0.717, 1.165) is 5.56 Å². The van der Waals surface area contributed by atoms with Gasteiger partial charge in [0.15, 0.2) is 11.5 Å². The normalized spacial score (nSPS) is 9.43. The fourth-order valence-corrected chi connectivity index (χ4v) is 1.14. The Hall–Kier alpha value is -1.66. The van der Waals surface area contributed by atoms with E-state index in [9.17, 15) is 5.11 Å². The van der Waals surface area contributed by atoms with Gasteiger partial charge in [0.25, 0.3) is 0 Å². The van der Waals surface area contributed by atoms with Crippen LogP contribution in [0.25, 0.3) is 0 Å². The third-order valence-corrected chi connectivity index (χ3v) is 1.84. The maximum absolute atomic E-state index is 9.67. The summed E-state index contributed by atoms with van der Waals surface area (Å²) in [6, 6.07) is 5.35. The minimum absolute atomic E-state index is 0.166. The molecule has 0 bridgehead atoms. The maximum Gasteiger partial charge on any atom is 0.162 e. The van der Waals surface area contributed by atoms with Crippen LogP contribution >= 0.6 is 0 Å². The summed E-state index contributed by atoms with van der Waals surface area (Å²) in [7, 11) is 1.52. The lowest BCUT2D eigenvalue weighted by molar-refractivity contribution is 0.370. The maximum atomic E-state index is 9.67. The summed E-state index contributed by atoms with van der Waals surface area (Å²) in [5.41, 5.74) is 0.777. The molecule has 2 N–H and O–H groups in total. The second-order valence-corrected chi connectivity index (χ2v) is 2.78. The number of aromatic hydroxyl groups is 1. The van der Waals surface area contributed by atoms with Crippen LogP contribution in [0.2, 0.25) is 0 Å². The zero-order valence-electron chi connectivity index (χ0n) is 8.08. The quantitative estimate of drug-likeness (QED) is 0.553. The number of methoxy groups -OCH3 is 1. The fraction of sp³-hybridized carbons (Fsp3) is 0.273. The molecular weight excluding hydrogens is 178 g/mol. The summed E-state index contributed by atoms with van der Waals surface area (Å²) < 4.78 is 4.97. The fourth-order valence-electron chi connectivity index (χ4n) is 1.14. The zero-order valence-corrected chi connectivity index (χ0v) is 8.08. The highest BCUT2D eigenvalue weighted by atomic mass is 16.5. The Balaban J connectivity index is 2.72. The molecule has 74 valence electrons. The predicted octanol–water partition coefficient (Wildman–Crippen LogP) is 1.12. The monoisotopic (exact) mass is 191 g/mol. The van der Waals surface area contributed by atoms with E-state index in [1.165, 1.54) is 7.11 Å². The van der Waals surface area contributed by atoms with Crippen molar-refractivity contribution in [1.82, 2.24) is 5.32 Å². The van der Waals surface area contributed by atoms with Crippen LogP contribution in [-0.2, 0) is 6.54 Å². The van der Waals surface area contributed by atoms with Gasteiger partial charge in [0.1, 0.15) is 0 Å². The van der Waals surface area contributed by atoms with E-state index in [1.807, 2.05) is 12.1 Å². The molecule has 0 amide bonds. The number of benzene rings is 1. The minimum atomic E-state index is 0.166. The van der Waals surface area contributed by atoms with Crippen LogP contribution < -0.4 is 10.1 Å². The SMILES string of the molecule is C#CCNCc1cccc(OC)c1O.